The first kappa shape index (κ1) is 19.9. The number of hydrogen-bond acceptors (Lipinski definition) is 4. The highest BCUT2D eigenvalue weighted by Gasteiger charge is 2.09. The van der Waals surface area contributed by atoms with Gasteiger partial charge in [-0.2, -0.15) is 0 Å². The molecule has 0 fully saturated rings. The summed E-state index contributed by atoms with van der Waals surface area (Å²) in [6.45, 7) is 4.25. The van der Waals surface area contributed by atoms with E-state index in [0.717, 1.165) is 11.3 Å². The molecular formula is C22H23N3O2S. The SMILES string of the molecule is CC(C)c1ccc(NC(=O)Cc2cc(=O)[nH]c(SCc3ccccc3)n2)cc1. The third-order valence-corrected chi connectivity index (χ3v) is 5.14. The number of carbonyl (C=O) groups is 1. The van der Waals surface area contributed by atoms with Gasteiger partial charge in [0.25, 0.3) is 5.56 Å². The lowest BCUT2D eigenvalue weighted by Gasteiger charge is -2.09. The number of rotatable bonds is 7. The lowest BCUT2D eigenvalue weighted by atomic mass is 10.0. The monoisotopic (exact) mass is 393 g/mol. The molecule has 2 aromatic carbocycles. The third-order valence-electron chi connectivity index (χ3n) is 4.19. The summed E-state index contributed by atoms with van der Waals surface area (Å²) in [4.78, 5) is 31.4. The first-order chi connectivity index (χ1) is 13.5. The van der Waals surface area contributed by atoms with Crippen molar-refractivity contribution in [2.75, 3.05) is 5.32 Å². The Bertz CT molecular complexity index is 983. The molecule has 1 heterocycles. The lowest BCUT2D eigenvalue weighted by molar-refractivity contribution is -0.115. The number of aromatic nitrogens is 2. The Hall–Kier alpha value is -2.86. The quantitative estimate of drug-likeness (QED) is 0.462. The lowest BCUT2D eigenvalue weighted by Crippen LogP contribution is -2.18. The van der Waals surface area contributed by atoms with Crippen molar-refractivity contribution in [2.45, 2.75) is 37.1 Å². The fraction of sp³-hybridized carbons (Fsp3) is 0.227. The maximum Gasteiger partial charge on any atom is 0.251 e. The Morgan fingerprint density at radius 1 is 1.11 bits per heavy atom. The number of hydrogen-bond donors (Lipinski definition) is 2. The minimum Gasteiger partial charge on any atom is -0.326 e. The van der Waals surface area contributed by atoms with Crippen LogP contribution in [0, 0.1) is 0 Å². The van der Waals surface area contributed by atoms with Crippen molar-refractivity contribution in [1.82, 2.24) is 9.97 Å². The maximum atomic E-state index is 12.3. The molecule has 0 radical (unpaired) electrons. The van der Waals surface area contributed by atoms with Gasteiger partial charge in [-0.3, -0.25) is 9.59 Å². The fourth-order valence-electron chi connectivity index (χ4n) is 2.69. The standard InChI is InChI=1S/C22H23N3O2S/c1-15(2)17-8-10-18(11-9-17)23-20(26)12-19-13-21(27)25-22(24-19)28-14-16-6-4-3-5-7-16/h3-11,13,15H,12,14H2,1-2H3,(H,23,26)(H,24,25,27). The zero-order valence-electron chi connectivity index (χ0n) is 15.9. The number of nitrogens with zero attached hydrogens (tertiary/aromatic N) is 1. The van der Waals surface area contributed by atoms with Gasteiger partial charge in [-0.15, -0.1) is 0 Å². The van der Waals surface area contributed by atoms with Crippen LogP contribution in [0.1, 0.15) is 36.6 Å². The summed E-state index contributed by atoms with van der Waals surface area (Å²) in [5.41, 5.74) is 3.29. The van der Waals surface area contributed by atoms with Gasteiger partial charge < -0.3 is 10.3 Å². The zero-order valence-corrected chi connectivity index (χ0v) is 16.8. The van der Waals surface area contributed by atoms with Crippen LogP contribution in [0.25, 0.3) is 0 Å². The van der Waals surface area contributed by atoms with Crippen molar-refractivity contribution in [3.05, 3.63) is 87.8 Å². The zero-order chi connectivity index (χ0) is 19.9. The van der Waals surface area contributed by atoms with E-state index in [2.05, 4.69) is 29.1 Å². The first-order valence-electron chi connectivity index (χ1n) is 9.16. The van der Waals surface area contributed by atoms with E-state index in [4.69, 9.17) is 0 Å². The molecule has 1 aromatic heterocycles. The van der Waals surface area contributed by atoms with Crippen LogP contribution in [-0.2, 0) is 17.0 Å². The van der Waals surface area contributed by atoms with Crippen LogP contribution in [-0.4, -0.2) is 15.9 Å². The Balaban J connectivity index is 1.62. The van der Waals surface area contributed by atoms with E-state index in [1.54, 1.807) is 0 Å². The van der Waals surface area contributed by atoms with Gasteiger partial charge in [0.1, 0.15) is 0 Å². The first-order valence-corrected chi connectivity index (χ1v) is 10.1. The van der Waals surface area contributed by atoms with E-state index in [1.165, 1.54) is 23.4 Å². The number of nitrogens with one attached hydrogen (secondary N) is 2. The Morgan fingerprint density at radius 3 is 2.50 bits per heavy atom. The molecule has 0 aliphatic heterocycles. The van der Waals surface area contributed by atoms with Gasteiger partial charge >= 0.3 is 0 Å². The molecule has 0 atom stereocenters. The van der Waals surface area contributed by atoms with E-state index in [-0.39, 0.29) is 17.9 Å². The molecule has 0 saturated heterocycles. The summed E-state index contributed by atoms with van der Waals surface area (Å²) < 4.78 is 0. The molecule has 0 saturated carbocycles. The number of benzene rings is 2. The van der Waals surface area contributed by atoms with Crippen LogP contribution in [0.2, 0.25) is 0 Å². The second kappa shape index (κ2) is 9.37. The summed E-state index contributed by atoms with van der Waals surface area (Å²) in [5.74, 6) is 0.938. The summed E-state index contributed by atoms with van der Waals surface area (Å²) >= 11 is 1.44. The minimum absolute atomic E-state index is 0.0503. The molecule has 0 spiro atoms. The molecule has 0 aliphatic rings. The largest absolute Gasteiger partial charge is 0.326 e. The predicted molar refractivity (Wildman–Crippen MR) is 114 cm³/mol. The van der Waals surface area contributed by atoms with Gasteiger partial charge in [0, 0.05) is 17.5 Å². The van der Waals surface area contributed by atoms with Crippen molar-refractivity contribution < 1.29 is 4.79 Å². The van der Waals surface area contributed by atoms with Gasteiger partial charge in [-0.05, 0) is 29.2 Å². The number of amides is 1. The molecule has 144 valence electrons. The van der Waals surface area contributed by atoms with Crippen LogP contribution in [0.4, 0.5) is 5.69 Å². The molecule has 0 aliphatic carbocycles. The molecule has 1 amide bonds. The number of aromatic amines is 1. The van der Waals surface area contributed by atoms with E-state index in [0.29, 0.717) is 22.5 Å². The highest BCUT2D eigenvalue weighted by atomic mass is 32.2. The van der Waals surface area contributed by atoms with Crippen molar-refractivity contribution in [1.29, 1.82) is 0 Å². The van der Waals surface area contributed by atoms with Crippen LogP contribution < -0.4 is 10.9 Å². The molecule has 0 unspecified atom stereocenters. The van der Waals surface area contributed by atoms with Crippen molar-refractivity contribution in [3.63, 3.8) is 0 Å². The van der Waals surface area contributed by atoms with Crippen molar-refractivity contribution >= 4 is 23.4 Å². The van der Waals surface area contributed by atoms with E-state index < -0.39 is 0 Å². The fourth-order valence-corrected chi connectivity index (χ4v) is 3.54. The highest BCUT2D eigenvalue weighted by Crippen LogP contribution is 2.19. The number of H-pyrrole nitrogens is 1. The smallest absolute Gasteiger partial charge is 0.251 e. The van der Waals surface area contributed by atoms with Gasteiger partial charge in [0.2, 0.25) is 5.91 Å². The summed E-state index contributed by atoms with van der Waals surface area (Å²) in [5, 5.41) is 3.37. The normalized spacial score (nSPS) is 10.8. The van der Waals surface area contributed by atoms with Crippen LogP contribution in [0.5, 0.6) is 0 Å². The van der Waals surface area contributed by atoms with Gasteiger partial charge in [0.05, 0.1) is 12.1 Å². The molecule has 3 aromatic rings. The van der Waals surface area contributed by atoms with Crippen molar-refractivity contribution in [2.24, 2.45) is 0 Å². The molecule has 28 heavy (non-hydrogen) atoms. The Kier molecular flexibility index (Phi) is 6.66. The summed E-state index contributed by atoms with van der Waals surface area (Å²) in [6, 6.07) is 19.1. The maximum absolute atomic E-state index is 12.3. The summed E-state index contributed by atoms with van der Waals surface area (Å²) in [7, 11) is 0. The second-order valence-electron chi connectivity index (χ2n) is 6.82. The highest BCUT2D eigenvalue weighted by molar-refractivity contribution is 7.98. The molecule has 3 rings (SSSR count). The molecule has 5 nitrogen and oxygen atoms in total. The second-order valence-corrected chi connectivity index (χ2v) is 7.78. The number of carbonyl (C=O) groups excluding carboxylic acids is 1. The number of anilines is 1. The van der Waals surface area contributed by atoms with Gasteiger partial charge in [-0.1, -0.05) is 68.1 Å². The average molecular weight is 394 g/mol. The van der Waals surface area contributed by atoms with E-state index in [1.807, 2.05) is 54.6 Å². The Morgan fingerprint density at radius 2 is 1.82 bits per heavy atom. The van der Waals surface area contributed by atoms with E-state index in [9.17, 15) is 9.59 Å². The van der Waals surface area contributed by atoms with Crippen LogP contribution in [0.3, 0.4) is 0 Å². The summed E-state index contributed by atoms with van der Waals surface area (Å²) in [6.07, 6.45) is 0.0503. The predicted octanol–water partition coefficient (Wildman–Crippen LogP) is 4.37. The average Bonchev–Trinajstić information content (AvgIpc) is 2.67. The van der Waals surface area contributed by atoms with Crippen LogP contribution >= 0.6 is 11.8 Å². The van der Waals surface area contributed by atoms with Gasteiger partial charge in [0.15, 0.2) is 5.16 Å². The Labute approximate surface area is 168 Å². The molecule has 2 N–H and O–H groups in total. The van der Waals surface area contributed by atoms with Gasteiger partial charge in [-0.25, -0.2) is 4.98 Å². The molecule has 0 bridgehead atoms. The van der Waals surface area contributed by atoms with E-state index >= 15 is 0 Å². The van der Waals surface area contributed by atoms with Crippen molar-refractivity contribution in [3.8, 4) is 0 Å². The number of thioether (sulfide) groups is 1. The van der Waals surface area contributed by atoms with Crippen LogP contribution in [0.15, 0.2) is 70.6 Å². The third kappa shape index (κ3) is 5.82. The molecular weight excluding hydrogens is 370 g/mol. The minimum atomic E-state index is -0.255. The topological polar surface area (TPSA) is 74.8 Å². The molecule has 6 heteroatoms.